The number of unbranched alkanes of at least 4 members (excludes halogenated alkanes) is 8. The number of hydrogen-bond donors (Lipinski definition) is 0. The van der Waals surface area contributed by atoms with Crippen molar-refractivity contribution in [1.82, 2.24) is 0 Å². The molecule has 0 aromatic carbocycles. The van der Waals surface area contributed by atoms with Crippen LogP contribution in [0.4, 0.5) is 0 Å². The first-order valence-corrected chi connectivity index (χ1v) is 11.7. The smallest absolute Gasteiger partial charge is 0.334 e. The molecule has 0 bridgehead atoms. The van der Waals surface area contributed by atoms with Crippen LogP contribution in [0, 0.1) is 0 Å². The van der Waals surface area contributed by atoms with Gasteiger partial charge >= 0.3 is 11.9 Å². The van der Waals surface area contributed by atoms with E-state index in [2.05, 4.69) is 13.8 Å². The average Bonchev–Trinajstić information content (AvgIpc) is 2.70. The minimum Gasteiger partial charge on any atom is -0.462 e. The number of ether oxygens (including phenoxy) is 2. The number of rotatable bonds is 18. The van der Waals surface area contributed by atoms with Crippen LogP contribution in [0.1, 0.15) is 118 Å². The van der Waals surface area contributed by atoms with Gasteiger partial charge in [-0.1, -0.05) is 79.1 Å². The summed E-state index contributed by atoms with van der Waals surface area (Å²) in [7, 11) is 0. The van der Waals surface area contributed by atoms with Gasteiger partial charge in [-0.25, -0.2) is 9.59 Å². The molecule has 0 saturated carbocycles. The largest absolute Gasteiger partial charge is 0.462 e. The summed E-state index contributed by atoms with van der Waals surface area (Å²) in [6.07, 6.45) is 13.9. The molecule has 0 rings (SSSR count). The Labute approximate surface area is 173 Å². The number of carbonyl (C=O) groups excluding carboxylic acids is 2. The van der Waals surface area contributed by atoms with Crippen molar-refractivity contribution in [2.75, 3.05) is 13.2 Å². The van der Waals surface area contributed by atoms with Crippen LogP contribution in [-0.2, 0) is 19.1 Å². The first-order chi connectivity index (χ1) is 13.6. The molecule has 4 nitrogen and oxygen atoms in total. The van der Waals surface area contributed by atoms with Crippen molar-refractivity contribution in [2.45, 2.75) is 118 Å². The zero-order chi connectivity index (χ0) is 21.0. The monoisotopic (exact) mass is 396 g/mol. The van der Waals surface area contributed by atoms with Crippen molar-refractivity contribution >= 4 is 11.9 Å². The van der Waals surface area contributed by atoms with Crippen LogP contribution in [0.2, 0.25) is 0 Å². The van der Waals surface area contributed by atoms with Crippen LogP contribution in [0.3, 0.4) is 0 Å². The second-order valence-electron chi connectivity index (χ2n) is 7.56. The maximum Gasteiger partial charge on any atom is 0.334 e. The minimum absolute atomic E-state index is 0.325. The van der Waals surface area contributed by atoms with E-state index >= 15 is 0 Å². The fraction of sp³-hybridized carbons (Fsp3) is 0.833. The zero-order valence-electron chi connectivity index (χ0n) is 18.9. The van der Waals surface area contributed by atoms with Gasteiger partial charge in [0.15, 0.2) is 0 Å². The summed E-state index contributed by atoms with van der Waals surface area (Å²) < 4.78 is 10.8. The summed E-state index contributed by atoms with van der Waals surface area (Å²) in [4.78, 5) is 25.4. The van der Waals surface area contributed by atoms with Crippen molar-refractivity contribution in [3.05, 3.63) is 11.1 Å². The van der Waals surface area contributed by atoms with Gasteiger partial charge in [0.1, 0.15) is 0 Å². The highest BCUT2D eigenvalue weighted by molar-refractivity contribution is 6.00. The van der Waals surface area contributed by atoms with Crippen LogP contribution >= 0.6 is 0 Å². The Bertz CT molecular complexity index is 440. The highest BCUT2D eigenvalue weighted by Crippen LogP contribution is 2.23. The second-order valence-corrected chi connectivity index (χ2v) is 7.56. The van der Waals surface area contributed by atoms with Crippen molar-refractivity contribution in [1.29, 1.82) is 0 Å². The highest BCUT2D eigenvalue weighted by atomic mass is 16.5. The molecule has 0 N–H and O–H groups in total. The molecule has 0 saturated heterocycles. The van der Waals surface area contributed by atoms with E-state index in [0.717, 1.165) is 51.4 Å². The van der Waals surface area contributed by atoms with E-state index in [4.69, 9.17) is 9.47 Å². The van der Waals surface area contributed by atoms with Crippen molar-refractivity contribution in [3.63, 3.8) is 0 Å². The third kappa shape index (κ3) is 13.0. The van der Waals surface area contributed by atoms with Gasteiger partial charge in [0.25, 0.3) is 0 Å². The molecule has 164 valence electrons. The predicted molar refractivity (Wildman–Crippen MR) is 116 cm³/mol. The number of esters is 2. The van der Waals surface area contributed by atoms with E-state index in [-0.39, 0.29) is 11.9 Å². The van der Waals surface area contributed by atoms with E-state index in [9.17, 15) is 9.59 Å². The Balaban J connectivity index is 5.22. The molecule has 0 fully saturated rings. The number of carbonyl (C=O) groups is 2. The quantitative estimate of drug-likeness (QED) is 0.143. The molecule has 0 aliphatic heterocycles. The molecular formula is C24H44O4. The van der Waals surface area contributed by atoms with E-state index in [1.54, 1.807) is 0 Å². The van der Waals surface area contributed by atoms with Gasteiger partial charge in [0.05, 0.1) is 13.2 Å². The number of hydrogen-bond acceptors (Lipinski definition) is 4. The van der Waals surface area contributed by atoms with Crippen molar-refractivity contribution < 1.29 is 19.1 Å². The molecule has 4 heteroatoms. The van der Waals surface area contributed by atoms with Gasteiger partial charge in [-0.05, 0) is 38.5 Å². The molecule has 0 spiro atoms. The van der Waals surface area contributed by atoms with E-state index in [0.29, 0.717) is 37.2 Å². The zero-order valence-corrected chi connectivity index (χ0v) is 18.9. The van der Waals surface area contributed by atoms with Crippen LogP contribution in [0.15, 0.2) is 11.1 Å². The normalized spacial score (nSPS) is 11.9. The van der Waals surface area contributed by atoms with E-state index in [1.165, 1.54) is 25.7 Å². The van der Waals surface area contributed by atoms with Crippen LogP contribution in [0.5, 0.6) is 0 Å². The molecular weight excluding hydrogens is 352 g/mol. The predicted octanol–water partition coefficient (Wildman–Crippen LogP) is 6.91. The van der Waals surface area contributed by atoms with Gasteiger partial charge in [0, 0.05) is 11.1 Å². The lowest BCUT2D eigenvalue weighted by Gasteiger charge is -2.15. The Morgan fingerprint density at radius 3 is 1.25 bits per heavy atom. The first-order valence-electron chi connectivity index (χ1n) is 11.7. The van der Waals surface area contributed by atoms with E-state index < -0.39 is 0 Å². The molecule has 0 aromatic heterocycles. The fourth-order valence-electron chi connectivity index (χ4n) is 3.13. The van der Waals surface area contributed by atoms with Gasteiger partial charge in [0.2, 0.25) is 0 Å². The summed E-state index contributed by atoms with van der Waals surface area (Å²) in [5.41, 5.74) is 1.11. The molecule has 0 radical (unpaired) electrons. The Hall–Kier alpha value is -1.32. The lowest BCUT2D eigenvalue weighted by atomic mass is 9.96. The maximum atomic E-state index is 12.7. The Kier molecular flexibility index (Phi) is 18.1. The summed E-state index contributed by atoms with van der Waals surface area (Å²) in [6, 6.07) is 0. The average molecular weight is 397 g/mol. The summed E-state index contributed by atoms with van der Waals surface area (Å²) in [5, 5.41) is 0. The summed E-state index contributed by atoms with van der Waals surface area (Å²) in [6.45, 7) is 9.11. The fourth-order valence-corrected chi connectivity index (χ4v) is 3.13. The van der Waals surface area contributed by atoms with Crippen LogP contribution < -0.4 is 0 Å². The lowest BCUT2D eigenvalue weighted by Crippen LogP contribution is -2.18. The molecule has 0 heterocycles. The molecule has 0 atom stereocenters. The minimum atomic E-state index is -0.326. The maximum absolute atomic E-state index is 12.7. The van der Waals surface area contributed by atoms with Crippen molar-refractivity contribution in [2.24, 2.45) is 0 Å². The molecule has 0 amide bonds. The SMILES string of the molecule is CCCCCCCCC(C(=O)OCCC)=C(CCCCCC)C(=O)OCCC. The Morgan fingerprint density at radius 1 is 0.500 bits per heavy atom. The van der Waals surface area contributed by atoms with E-state index in [1.807, 2.05) is 13.8 Å². The first kappa shape index (κ1) is 26.7. The topological polar surface area (TPSA) is 52.6 Å². The third-order valence-corrected chi connectivity index (χ3v) is 4.79. The Morgan fingerprint density at radius 2 is 0.857 bits per heavy atom. The standard InChI is InChI=1S/C24H44O4/c1-5-9-11-13-14-16-18-22(24(26)28-20-8-4)21(17-15-12-10-6-2)23(25)27-19-7-3/h5-20H2,1-4H3. The molecule has 0 aromatic rings. The molecule has 0 aliphatic carbocycles. The highest BCUT2D eigenvalue weighted by Gasteiger charge is 2.22. The van der Waals surface area contributed by atoms with Crippen molar-refractivity contribution in [3.8, 4) is 0 Å². The van der Waals surface area contributed by atoms with Crippen LogP contribution in [0.25, 0.3) is 0 Å². The van der Waals surface area contributed by atoms with Gasteiger partial charge in [-0.15, -0.1) is 0 Å². The molecule has 0 unspecified atom stereocenters. The lowest BCUT2D eigenvalue weighted by molar-refractivity contribution is -0.142. The van der Waals surface area contributed by atoms with Gasteiger partial charge < -0.3 is 9.47 Å². The summed E-state index contributed by atoms with van der Waals surface area (Å²) in [5.74, 6) is -0.651. The molecule has 0 aliphatic rings. The third-order valence-electron chi connectivity index (χ3n) is 4.79. The van der Waals surface area contributed by atoms with Gasteiger partial charge in [-0.2, -0.15) is 0 Å². The van der Waals surface area contributed by atoms with Gasteiger partial charge in [-0.3, -0.25) is 0 Å². The second kappa shape index (κ2) is 19.0. The molecule has 28 heavy (non-hydrogen) atoms. The summed E-state index contributed by atoms with van der Waals surface area (Å²) >= 11 is 0. The van der Waals surface area contributed by atoms with Crippen LogP contribution in [-0.4, -0.2) is 25.2 Å².